The Labute approximate surface area is 178 Å². The number of rotatable bonds is 6. The number of amides is 1. The number of carbonyl (C=O) groups excluding carboxylic acids is 1. The zero-order valence-corrected chi connectivity index (χ0v) is 17.4. The highest BCUT2D eigenvalue weighted by Gasteiger charge is 2.36. The summed E-state index contributed by atoms with van der Waals surface area (Å²) in [6.45, 7) is 4.18. The van der Waals surface area contributed by atoms with Crippen LogP contribution in [0, 0.1) is 5.82 Å². The Kier molecular flexibility index (Phi) is 5.72. The van der Waals surface area contributed by atoms with Crippen LogP contribution in [-0.2, 0) is 11.3 Å². The standard InChI is InChI=1S/C22H21ClFN3O3/c1-13(2)29-17-7-4-14(5-8-17)21-25-22(30-26-21)19-9-10-20(28)27(19)12-15-3-6-16(24)11-18(15)23/h3-8,11,13,19H,9-10,12H2,1-2H3. The molecule has 1 aliphatic heterocycles. The predicted molar refractivity (Wildman–Crippen MR) is 109 cm³/mol. The molecule has 6 nitrogen and oxygen atoms in total. The fourth-order valence-electron chi connectivity index (χ4n) is 3.46. The molecule has 1 unspecified atom stereocenters. The van der Waals surface area contributed by atoms with E-state index in [1.165, 1.54) is 12.1 Å². The molecule has 1 fully saturated rings. The fraction of sp³-hybridized carbons (Fsp3) is 0.318. The molecule has 1 saturated heterocycles. The van der Waals surface area contributed by atoms with Gasteiger partial charge in [-0.2, -0.15) is 4.98 Å². The highest BCUT2D eigenvalue weighted by atomic mass is 35.5. The molecule has 1 atom stereocenters. The van der Waals surface area contributed by atoms with Gasteiger partial charge in [0.05, 0.1) is 6.10 Å². The summed E-state index contributed by atoms with van der Waals surface area (Å²) in [5.74, 6) is 1.13. The number of nitrogens with zero attached hydrogens (tertiary/aromatic N) is 3. The molecule has 2 heterocycles. The van der Waals surface area contributed by atoms with Crippen LogP contribution in [0.4, 0.5) is 4.39 Å². The number of benzene rings is 2. The third-order valence-electron chi connectivity index (χ3n) is 4.90. The molecule has 1 amide bonds. The average Bonchev–Trinajstić information content (AvgIpc) is 3.31. The SMILES string of the molecule is CC(C)Oc1ccc(-c2noc(C3CCC(=O)N3Cc3ccc(F)cc3Cl)n2)cc1. The van der Waals surface area contributed by atoms with Crippen LogP contribution in [0.5, 0.6) is 5.75 Å². The number of likely N-dealkylation sites (tertiary alicyclic amines) is 1. The van der Waals surface area contributed by atoms with Crippen molar-refractivity contribution in [2.75, 3.05) is 0 Å². The monoisotopic (exact) mass is 429 g/mol. The highest BCUT2D eigenvalue weighted by Crippen LogP contribution is 2.35. The third kappa shape index (κ3) is 4.31. The summed E-state index contributed by atoms with van der Waals surface area (Å²) in [4.78, 5) is 18.6. The molecule has 0 N–H and O–H groups in total. The lowest BCUT2D eigenvalue weighted by Crippen LogP contribution is -2.27. The van der Waals surface area contributed by atoms with Crippen LogP contribution in [0.25, 0.3) is 11.4 Å². The van der Waals surface area contributed by atoms with E-state index in [0.29, 0.717) is 30.1 Å². The Morgan fingerprint density at radius 2 is 2.03 bits per heavy atom. The molecule has 8 heteroatoms. The zero-order valence-electron chi connectivity index (χ0n) is 16.6. The highest BCUT2D eigenvalue weighted by molar-refractivity contribution is 6.31. The first kappa shape index (κ1) is 20.3. The molecule has 156 valence electrons. The van der Waals surface area contributed by atoms with E-state index in [0.717, 1.165) is 11.3 Å². The van der Waals surface area contributed by atoms with Gasteiger partial charge in [-0.05, 0) is 62.2 Å². The Balaban J connectivity index is 1.53. The normalized spacial score (nSPS) is 16.5. The molecule has 0 aliphatic carbocycles. The second kappa shape index (κ2) is 8.44. The summed E-state index contributed by atoms with van der Waals surface area (Å²) in [5, 5.41) is 4.36. The Bertz CT molecular complexity index is 1050. The quantitative estimate of drug-likeness (QED) is 0.540. The number of aromatic nitrogens is 2. The first-order valence-electron chi connectivity index (χ1n) is 9.75. The zero-order chi connectivity index (χ0) is 21.3. The van der Waals surface area contributed by atoms with Gasteiger partial charge in [0.1, 0.15) is 17.6 Å². The number of hydrogen-bond donors (Lipinski definition) is 0. The van der Waals surface area contributed by atoms with Crippen LogP contribution in [0.1, 0.15) is 44.2 Å². The molecule has 0 saturated carbocycles. The topological polar surface area (TPSA) is 68.5 Å². The number of hydrogen-bond acceptors (Lipinski definition) is 5. The van der Waals surface area contributed by atoms with Gasteiger partial charge >= 0.3 is 0 Å². The van der Waals surface area contributed by atoms with Crippen LogP contribution in [0.2, 0.25) is 5.02 Å². The Morgan fingerprint density at radius 3 is 2.73 bits per heavy atom. The largest absolute Gasteiger partial charge is 0.491 e. The lowest BCUT2D eigenvalue weighted by Gasteiger charge is -2.22. The van der Waals surface area contributed by atoms with E-state index < -0.39 is 5.82 Å². The summed E-state index contributed by atoms with van der Waals surface area (Å²) in [6.07, 6.45) is 1.04. The van der Waals surface area contributed by atoms with E-state index in [4.69, 9.17) is 20.9 Å². The molecule has 0 spiro atoms. The first-order chi connectivity index (χ1) is 14.4. The van der Waals surface area contributed by atoms with E-state index in [9.17, 15) is 9.18 Å². The van der Waals surface area contributed by atoms with Crippen molar-refractivity contribution in [1.82, 2.24) is 15.0 Å². The summed E-state index contributed by atoms with van der Waals surface area (Å²) in [7, 11) is 0. The van der Waals surface area contributed by atoms with Crippen LogP contribution < -0.4 is 4.74 Å². The number of ether oxygens (including phenoxy) is 1. The first-order valence-corrected chi connectivity index (χ1v) is 10.1. The fourth-order valence-corrected chi connectivity index (χ4v) is 3.69. The maximum Gasteiger partial charge on any atom is 0.249 e. The molecule has 4 rings (SSSR count). The molecule has 1 aliphatic rings. The van der Waals surface area contributed by atoms with E-state index in [1.807, 2.05) is 38.1 Å². The second-order valence-electron chi connectivity index (χ2n) is 7.46. The molecular weight excluding hydrogens is 409 g/mol. The van der Waals surface area contributed by atoms with Crippen molar-refractivity contribution < 1.29 is 18.4 Å². The van der Waals surface area contributed by atoms with E-state index in [2.05, 4.69) is 10.1 Å². The van der Waals surface area contributed by atoms with Gasteiger partial charge in [-0.1, -0.05) is 22.8 Å². The lowest BCUT2D eigenvalue weighted by atomic mass is 10.1. The van der Waals surface area contributed by atoms with Gasteiger partial charge in [-0.15, -0.1) is 0 Å². The van der Waals surface area contributed by atoms with Crippen LogP contribution in [0.3, 0.4) is 0 Å². The van der Waals surface area contributed by atoms with Crippen LogP contribution in [-0.4, -0.2) is 27.1 Å². The van der Waals surface area contributed by atoms with E-state index in [1.54, 1.807) is 11.0 Å². The lowest BCUT2D eigenvalue weighted by molar-refractivity contribution is -0.129. The summed E-state index contributed by atoms with van der Waals surface area (Å²) in [6, 6.07) is 11.2. The van der Waals surface area contributed by atoms with Crippen LogP contribution >= 0.6 is 11.6 Å². The maximum absolute atomic E-state index is 13.3. The van der Waals surface area contributed by atoms with Crippen molar-refractivity contribution >= 4 is 17.5 Å². The summed E-state index contributed by atoms with van der Waals surface area (Å²) in [5.41, 5.74) is 1.46. The van der Waals surface area contributed by atoms with Gasteiger partial charge in [0, 0.05) is 23.6 Å². The minimum Gasteiger partial charge on any atom is -0.491 e. The van der Waals surface area contributed by atoms with Crippen LogP contribution in [0.15, 0.2) is 47.0 Å². The molecular formula is C22H21ClFN3O3. The predicted octanol–water partition coefficient (Wildman–Crippen LogP) is 5.18. The van der Waals surface area contributed by atoms with Crippen molar-refractivity contribution in [3.63, 3.8) is 0 Å². The molecule has 2 aromatic carbocycles. The molecule has 0 bridgehead atoms. The van der Waals surface area contributed by atoms with Gasteiger partial charge in [-0.25, -0.2) is 4.39 Å². The van der Waals surface area contributed by atoms with Crippen molar-refractivity contribution in [2.24, 2.45) is 0 Å². The Morgan fingerprint density at radius 1 is 1.27 bits per heavy atom. The molecule has 1 aromatic heterocycles. The molecule has 0 radical (unpaired) electrons. The van der Waals surface area contributed by atoms with Crippen molar-refractivity contribution in [3.05, 3.63) is 64.8 Å². The molecule has 3 aromatic rings. The van der Waals surface area contributed by atoms with E-state index >= 15 is 0 Å². The second-order valence-corrected chi connectivity index (χ2v) is 7.87. The van der Waals surface area contributed by atoms with Gasteiger partial charge in [0.2, 0.25) is 17.6 Å². The third-order valence-corrected chi connectivity index (χ3v) is 5.25. The average molecular weight is 430 g/mol. The van der Waals surface area contributed by atoms with Crippen molar-refractivity contribution in [2.45, 2.75) is 45.4 Å². The van der Waals surface area contributed by atoms with E-state index in [-0.39, 0.29) is 29.6 Å². The number of carbonyl (C=O) groups is 1. The minimum absolute atomic E-state index is 0.0321. The minimum atomic E-state index is -0.417. The van der Waals surface area contributed by atoms with Gasteiger partial charge in [-0.3, -0.25) is 4.79 Å². The van der Waals surface area contributed by atoms with Gasteiger partial charge < -0.3 is 14.2 Å². The summed E-state index contributed by atoms with van der Waals surface area (Å²) < 4.78 is 24.5. The summed E-state index contributed by atoms with van der Waals surface area (Å²) >= 11 is 6.14. The smallest absolute Gasteiger partial charge is 0.249 e. The van der Waals surface area contributed by atoms with Crippen molar-refractivity contribution in [1.29, 1.82) is 0 Å². The Hall–Kier alpha value is -2.93. The van der Waals surface area contributed by atoms with Gasteiger partial charge in [0.15, 0.2) is 0 Å². The molecule has 30 heavy (non-hydrogen) atoms. The number of halogens is 2. The van der Waals surface area contributed by atoms with Gasteiger partial charge in [0.25, 0.3) is 0 Å². The van der Waals surface area contributed by atoms with Crippen molar-refractivity contribution in [3.8, 4) is 17.1 Å². The maximum atomic E-state index is 13.3.